The normalized spacial score (nSPS) is 16.3. The highest BCUT2D eigenvalue weighted by molar-refractivity contribution is 7.90. The number of allylic oxidation sites excluding steroid dienone is 1. The molecule has 42 heavy (non-hydrogen) atoms. The van der Waals surface area contributed by atoms with Crippen molar-refractivity contribution in [3.05, 3.63) is 100 Å². The van der Waals surface area contributed by atoms with Crippen LogP contribution < -0.4 is 9.80 Å². The molecule has 7 nitrogen and oxygen atoms in total. The molecule has 0 saturated carbocycles. The largest absolute Gasteiger partial charge is 0.416 e. The quantitative estimate of drug-likeness (QED) is 0.299. The monoisotopic (exact) mass is 604 g/mol. The van der Waals surface area contributed by atoms with Crippen molar-refractivity contribution in [3.8, 4) is 12.1 Å². The van der Waals surface area contributed by atoms with Crippen molar-refractivity contribution in [2.45, 2.75) is 30.2 Å². The standard InChI is InChI=1S/C28H18F6N4O3S/c1-16-23(15-36)25(22-10-9-17(14-35)11-24(22)42(2,40)41)38(21-8-4-6-19(13-21)28(32,33)34)26(39)37(16)20-7-3-5-18(12-20)27(29,30)31/h3-13,25H,1-2H3/t25-/m1/s1. The fourth-order valence-electron chi connectivity index (χ4n) is 4.61. The highest BCUT2D eigenvalue weighted by Crippen LogP contribution is 2.45. The van der Waals surface area contributed by atoms with Gasteiger partial charge in [0.15, 0.2) is 9.84 Å². The first-order valence-electron chi connectivity index (χ1n) is 11.8. The van der Waals surface area contributed by atoms with E-state index in [1.165, 1.54) is 13.0 Å². The van der Waals surface area contributed by atoms with E-state index in [2.05, 4.69) is 0 Å². The van der Waals surface area contributed by atoms with Gasteiger partial charge in [-0.1, -0.05) is 18.2 Å². The van der Waals surface area contributed by atoms with Crippen molar-refractivity contribution in [2.24, 2.45) is 0 Å². The van der Waals surface area contributed by atoms with Crippen LogP contribution in [0.2, 0.25) is 0 Å². The zero-order valence-electron chi connectivity index (χ0n) is 21.6. The average molecular weight is 605 g/mol. The minimum absolute atomic E-state index is 0.0864. The Morgan fingerprint density at radius 1 is 0.810 bits per heavy atom. The van der Waals surface area contributed by atoms with Gasteiger partial charge in [0, 0.05) is 17.6 Å². The Hall–Kier alpha value is -4.82. The van der Waals surface area contributed by atoms with Crippen LogP contribution in [0.4, 0.5) is 42.5 Å². The highest BCUT2D eigenvalue weighted by Gasteiger charge is 2.44. The number of anilines is 2. The Bertz CT molecular complexity index is 1820. The molecule has 1 aliphatic rings. The van der Waals surface area contributed by atoms with Gasteiger partial charge in [-0.05, 0) is 61.0 Å². The number of carbonyl (C=O) groups is 1. The molecule has 0 spiro atoms. The second-order valence-electron chi connectivity index (χ2n) is 9.23. The fraction of sp³-hybridized carbons (Fsp3) is 0.179. The third kappa shape index (κ3) is 5.53. The van der Waals surface area contributed by atoms with Gasteiger partial charge in [-0.2, -0.15) is 36.9 Å². The van der Waals surface area contributed by atoms with Crippen LogP contribution in [0.25, 0.3) is 0 Å². The van der Waals surface area contributed by atoms with Gasteiger partial charge in [0.2, 0.25) is 0 Å². The topological polar surface area (TPSA) is 105 Å². The van der Waals surface area contributed by atoms with Gasteiger partial charge in [0.05, 0.1) is 45.0 Å². The van der Waals surface area contributed by atoms with E-state index in [1.54, 1.807) is 6.07 Å². The first-order valence-corrected chi connectivity index (χ1v) is 13.7. The van der Waals surface area contributed by atoms with Crippen LogP contribution in [0.5, 0.6) is 0 Å². The summed E-state index contributed by atoms with van der Waals surface area (Å²) in [6.07, 6.45) is -8.86. The second-order valence-corrected chi connectivity index (χ2v) is 11.2. The molecule has 0 bridgehead atoms. The van der Waals surface area contributed by atoms with E-state index in [1.807, 2.05) is 6.07 Å². The summed E-state index contributed by atoms with van der Waals surface area (Å²) < 4.78 is 107. The Morgan fingerprint density at radius 2 is 1.36 bits per heavy atom. The average Bonchev–Trinajstić information content (AvgIpc) is 2.91. The molecule has 0 fully saturated rings. The number of sulfone groups is 1. The van der Waals surface area contributed by atoms with Gasteiger partial charge in [-0.3, -0.25) is 9.80 Å². The van der Waals surface area contributed by atoms with Crippen LogP contribution in [-0.4, -0.2) is 20.7 Å². The molecular weight excluding hydrogens is 586 g/mol. The van der Waals surface area contributed by atoms with Crippen molar-refractivity contribution in [1.29, 1.82) is 10.5 Å². The molecule has 14 heteroatoms. The number of amides is 2. The van der Waals surface area contributed by atoms with Crippen molar-refractivity contribution >= 4 is 27.2 Å². The number of nitrogens with zero attached hydrogens (tertiary/aromatic N) is 4. The molecule has 4 rings (SSSR count). The van der Waals surface area contributed by atoms with Crippen molar-refractivity contribution in [1.82, 2.24) is 0 Å². The number of alkyl halides is 6. The van der Waals surface area contributed by atoms with E-state index in [0.29, 0.717) is 12.1 Å². The molecule has 0 N–H and O–H groups in total. The minimum atomic E-state index is -4.86. The van der Waals surface area contributed by atoms with Crippen molar-refractivity contribution < 1.29 is 39.6 Å². The van der Waals surface area contributed by atoms with E-state index in [4.69, 9.17) is 0 Å². The highest BCUT2D eigenvalue weighted by atomic mass is 32.2. The molecule has 0 radical (unpaired) electrons. The SMILES string of the molecule is CC1=C(C#N)[C@@H](c2ccc(C#N)cc2S(C)(=O)=O)N(c2cccc(C(F)(F)F)c2)C(=O)N1c1cccc(C(F)(F)F)c1. The van der Waals surface area contributed by atoms with Gasteiger partial charge >= 0.3 is 18.4 Å². The molecule has 0 aromatic heterocycles. The van der Waals surface area contributed by atoms with Gasteiger partial charge in [0.1, 0.15) is 6.04 Å². The molecular formula is C28H18F6N4O3S. The summed E-state index contributed by atoms with van der Waals surface area (Å²) in [6.45, 7) is 1.25. The van der Waals surface area contributed by atoms with Crippen LogP contribution in [0, 0.1) is 22.7 Å². The Kier molecular flexibility index (Phi) is 7.56. The van der Waals surface area contributed by atoms with Gasteiger partial charge in [-0.25, -0.2) is 13.2 Å². The summed E-state index contributed by atoms with van der Waals surface area (Å²) >= 11 is 0. The number of carbonyl (C=O) groups excluding carboxylic acids is 1. The zero-order valence-corrected chi connectivity index (χ0v) is 22.4. The maximum atomic E-state index is 14.1. The number of urea groups is 1. The summed E-state index contributed by atoms with van der Waals surface area (Å²) in [5.74, 6) is 0. The lowest BCUT2D eigenvalue weighted by molar-refractivity contribution is -0.138. The minimum Gasteiger partial charge on any atom is -0.281 e. The number of nitriles is 2. The first kappa shape index (κ1) is 30.1. The summed E-state index contributed by atoms with van der Waals surface area (Å²) in [5.41, 5.74) is -3.86. The number of rotatable bonds is 4. The molecule has 3 aromatic rings. The Balaban J connectivity index is 2.09. The summed E-state index contributed by atoms with van der Waals surface area (Å²) in [4.78, 5) is 15.1. The van der Waals surface area contributed by atoms with Crippen molar-refractivity contribution in [2.75, 3.05) is 16.1 Å². The van der Waals surface area contributed by atoms with E-state index >= 15 is 0 Å². The first-order chi connectivity index (χ1) is 19.5. The molecule has 0 saturated heterocycles. The molecule has 2 amide bonds. The third-order valence-corrected chi connectivity index (χ3v) is 7.65. The molecule has 0 aliphatic carbocycles. The summed E-state index contributed by atoms with van der Waals surface area (Å²) in [5, 5.41) is 19.6. The van der Waals surface area contributed by atoms with E-state index in [-0.39, 0.29) is 28.1 Å². The third-order valence-electron chi connectivity index (χ3n) is 6.49. The van der Waals surface area contributed by atoms with Gasteiger partial charge in [-0.15, -0.1) is 0 Å². The number of benzene rings is 3. The van der Waals surface area contributed by atoms with Gasteiger partial charge in [0.25, 0.3) is 0 Å². The molecule has 0 unspecified atom stereocenters. The molecule has 3 aromatic carbocycles. The molecule has 1 atom stereocenters. The smallest absolute Gasteiger partial charge is 0.281 e. The number of hydrogen-bond acceptors (Lipinski definition) is 5. The zero-order chi connectivity index (χ0) is 31.2. The Morgan fingerprint density at radius 3 is 1.86 bits per heavy atom. The van der Waals surface area contributed by atoms with E-state index < -0.39 is 56.0 Å². The number of hydrogen-bond donors (Lipinski definition) is 0. The van der Waals surface area contributed by atoms with Crippen LogP contribution in [0.1, 0.15) is 35.2 Å². The van der Waals surface area contributed by atoms with Crippen LogP contribution in [-0.2, 0) is 22.2 Å². The predicted octanol–water partition coefficient (Wildman–Crippen LogP) is 6.98. The predicted molar refractivity (Wildman–Crippen MR) is 139 cm³/mol. The Labute approximate surface area is 236 Å². The lowest BCUT2D eigenvalue weighted by atomic mass is 9.92. The van der Waals surface area contributed by atoms with Crippen LogP contribution in [0.3, 0.4) is 0 Å². The fourth-order valence-corrected chi connectivity index (χ4v) is 5.56. The lowest BCUT2D eigenvalue weighted by Gasteiger charge is -2.42. The van der Waals surface area contributed by atoms with E-state index in [9.17, 15) is 50.1 Å². The maximum Gasteiger partial charge on any atom is 0.416 e. The summed E-state index contributed by atoms with van der Waals surface area (Å²) in [6, 6.07) is 11.2. The molecule has 216 valence electrons. The summed E-state index contributed by atoms with van der Waals surface area (Å²) in [7, 11) is -4.15. The lowest BCUT2D eigenvalue weighted by Crippen LogP contribution is -2.50. The van der Waals surface area contributed by atoms with Gasteiger partial charge < -0.3 is 0 Å². The maximum absolute atomic E-state index is 14.1. The van der Waals surface area contributed by atoms with E-state index in [0.717, 1.165) is 64.6 Å². The van der Waals surface area contributed by atoms with Crippen LogP contribution >= 0.6 is 0 Å². The number of halogens is 6. The van der Waals surface area contributed by atoms with Crippen molar-refractivity contribution in [3.63, 3.8) is 0 Å². The van der Waals surface area contributed by atoms with Crippen LogP contribution in [0.15, 0.2) is 82.9 Å². The molecule has 1 heterocycles. The second kappa shape index (κ2) is 10.5. The molecule has 1 aliphatic heterocycles.